The highest BCUT2D eigenvalue weighted by atomic mass is 79.9. The highest BCUT2D eigenvalue weighted by Crippen LogP contribution is 2.29. The third kappa shape index (κ3) is 5.73. The van der Waals surface area contributed by atoms with Crippen molar-refractivity contribution in [1.29, 1.82) is 0 Å². The molecule has 1 amide bonds. The molecule has 2 aromatic rings. The van der Waals surface area contributed by atoms with Gasteiger partial charge in [0.25, 0.3) is 5.91 Å². The number of rotatable bonds is 7. The van der Waals surface area contributed by atoms with Crippen LogP contribution in [0.1, 0.15) is 18.5 Å². The fourth-order valence-corrected chi connectivity index (χ4v) is 5.13. The van der Waals surface area contributed by atoms with Gasteiger partial charge >= 0.3 is 0 Å². The Morgan fingerprint density at radius 3 is 2.67 bits per heavy atom. The fourth-order valence-electron chi connectivity index (χ4n) is 2.98. The number of morpholine rings is 1. The van der Waals surface area contributed by atoms with Gasteiger partial charge in [0.2, 0.25) is 10.0 Å². The second kappa shape index (κ2) is 10.1. The van der Waals surface area contributed by atoms with E-state index in [2.05, 4.69) is 21.2 Å². The first kappa shape index (κ1) is 23.0. The van der Waals surface area contributed by atoms with Gasteiger partial charge in [0.05, 0.1) is 29.2 Å². The molecule has 0 bridgehead atoms. The molecule has 2 aromatic carbocycles. The van der Waals surface area contributed by atoms with Crippen LogP contribution in [0.4, 0.5) is 0 Å². The average Bonchev–Trinajstić information content (AvgIpc) is 2.73. The lowest BCUT2D eigenvalue weighted by Crippen LogP contribution is -2.40. The van der Waals surface area contributed by atoms with E-state index < -0.39 is 10.0 Å². The Morgan fingerprint density at radius 1 is 1.27 bits per heavy atom. The molecule has 0 spiro atoms. The van der Waals surface area contributed by atoms with Crippen molar-refractivity contribution in [2.45, 2.75) is 17.9 Å². The number of carbonyl (C=O) groups is 1. The minimum atomic E-state index is -3.65. The van der Waals surface area contributed by atoms with E-state index in [4.69, 9.17) is 21.1 Å². The van der Waals surface area contributed by atoms with Gasteiger partial charge < -0.3 is 14.8 Å². The zero-order valence-corrected chi connectivity index (χ0v) is 19.5. The number of nitrogens with zero attached hydrogens (tertiary/aromatic N) is 1. The summed E-state index contributed by atoms with van der Waals surface area (Å²) in [4.78, 5) is 12.3. The Bertz CT molecular complexity index is 1010. The summed E-state index contributed by atoms with van der Waals surface area (Å²) < 4.78 is 38.4. The van der Waals surface area contributed by atoms with Crippen molar-refractivity contribution in [3.05, 3.63) is 57.5 Å². The number of carbonyl (C=O) groups excluding carboxylic acids is 1. The van der Waals surface area contributed by atoms with Crippen LogP contribution >= 0.6 is 27.5 Å². The maximum atomic E-state index is 12.7. The lowest BCUT2D eigenvalue weighted by molar-refractivity contribution is -0.123. The van der Waals surface area contributed by atoms with Crippen LogP contribution < -0.4 is 10.1 Å². The highest BCUT2D eigenvalue weighted by molar-refractivity contribution is 9.10. The lowest BCUT2D eigenvalue weighted by Gasteiger charge is -2.26. The lowest BCUT2D eigenvalue weighted by atomic mass is 10.1. The molecule has 1 saturated heterocycles. The monoisotopic (exact) mass is 516 g/mol. The van der Waals surface area contributed by atoms with E-state index >= 15 is 0 Å². The molecule has 1 atom stereocenters. The molecule has 1 fully saturated rings. The van der Waals surface area contributed by atoms with E-state index in [0.29, 0.717) is 26.3 Å². The van der Waals surface area contributed by atoms with Gasteiger partial charge in [-0.15, -0.1) is 0 Å². The summed E-state index contributed by atoms with van der Waals surface area (Å²) in [6.45, 7) is 2.96. The Hall–Kier alpha value is -1.65. The molecule has 3 rings (SSSR count). The van der Waals surface area contributed by atoms with Crippen molar-refractivity contribution in [3.63, 3.8) is 0 Å². The van der Waals surface area contributed by atoms with E-state index in [1.54, 1.807) is 0 Å². The fraction of sp³-hybridized carbons (Fsp3) is 0.350. The second-order valence-corrected chi connectivity index (χ2v) is 10.0. The van der Waals surface area contributed by atoms with Crippen LogP contribution in [0.2, 0.25) is 5.02 Å². The number of nitrogens with one attached hydrogen (secondary N) is 1. The molecular formula is C20H22BrClN2O5S. The van der Waals surface area contributed by atoms with Crippen LogP contribution in [0.15, 0.2) is 51.8 Å². The molecule has 1 heterocycles. The number of ether oxygens (including phenoxy) is 2. The van der Waals surface area contributed by atoms with Crippen molar-refractivity contribution in [3.8, 4) is 5.75 Å². The third-order valence-electron chi connectivity index (χ3n) is 4.60. The first-order valence-corrected chi connectivity index (χ1v) is 11.9. The number of sulfonamides is 1. The number of amides is 1. The van der Waals surface area contributed by atoms with Crippen molar-refractivity contribution in [2.75, 3.05) is 32.9 Å². The summed E-state index contributed by atoms with van der Waals surface area (Å²) in [5, 5.41) is 2.97. The predicted octanol–water partition coefficient (Wildman–Crippen LogP) is 3.38. The van der Waals surface area contributed by atoms with E-state index in [1.807, 2.05) is 31.2 Å². The van der Waals surface area contributed by atoms with Crippen LogP contribution in [0.25, 0.3) is 0 Å². The molecule has 7 nitrogen and oxygen atoms in total. The van der Waals surface area contributed by atoms with Crippen molar-refractivity contribution >= 4 is 43.5 Å². The molecule has 10 heteroatoms. The third-order valence-corrected chi connectivity index (χ3v) is 7.28. The van der Waals surface area contributed by atoms with E-state index in [0.717, 1.165) is 10.0 Å². The molecule has 1 aliphatic heterocycles. The maximum Gasteiger partial charge on any atom is 0.258 e. The van der Waals surface area contributed by atoms with Crippen LogP contribution in [0, 0.1) is 0 Å². The Balaban J connectivity index is 1.60. The predicted molar refractivity (Wildman–Crippen MR) is 117 cm³/mol. The van der Waals surface area contributed by atoms with Crippen molar-refractivity contribution < 1.29 is 22.7 Å². The minimum absolute atomic E-state index is 0.0782. The summed E-state index contributed by atoms with van der Waals surface area (Å²) in [6, 6.07) is 11.7. The van der Waals surface area contributed by atoms with Gasteiger partial charge in [-0.1, -0.05) is 39.7 Å². The van der Waals surface area contributed by atoms with Crippen LogP contribution in [0.5, 0.6) is 5.75 Å². The average molecular weight is 518 g/mol. The van der Waals surface area contributed by atoms with E-state index in [-0.39, 0.29) is 34.2 Å². The number of hydrogen-bond acceptors (Lipinski definition) is 5. The summed E-state index contributed by atoms with van der Waals surface area (Å²) in [5.74, 6) is -0.0774. The molecule has 0 unspecified atom stereocenters. The Labute approximate surface area is 189 Å². The van der Waals surface area contributed by atoms with Gasteiger partial charge in [0.15, 0.2) is 6.61 Å². The quantitative estimate of drug-likeness (QED) is 0.609. The largest absolute Gasteiger partial charge is 0.482 e. The van der Waals surface area contributed by atoms with Crippen molar-refractivity contribution in [1.82, 2.24) is 9.62 Å². The number of benzene rings is 2. The number of hydrogen-bond donors (Lipinski definition) is 1. The summed E-state index contributed by atoms with van der Waals surface area (Å²) in [5.41, 5.74) is 0.952. The van der Waals surface area contributed by atoms with Crippen LogP contribution in [0.3, 0.4) is 0 Å². The first-order chi connectivity index (χ1) is 14.3. The topological polar surface area (TPSA) is 84.9 Å². The second-order valence-electron chi connectivity index (χ2n) is 6.74. The molecule has 30 heavy (non-hydrogen) atoms. The summed E-state index contributed by atoms with van der Waals surface area (Å²) in [6.07, 6.45) is 0. The SMILES string of the molecule is C[C@@H](NC(=O)COc1ccc(S(=O)(=O)N2CCOCC2)cc1Cl)c1cccc(Br)c1. The molecule has 0 aliphatic carbocycles. The summed E-state index contributed by atoms with van der Waals surface area (Å²) >= 11 is 9.61. The van der Waals surface area contributed by atoms with Crippen LogP contribution in [-0.2, 0) is 19.6 Å². The Kier molecular flexibility index (Phi) is 7.75. The first-order valence-electron chi connectivity index (χ1n) is 9.32. The van der Waals surface area contributed by atoms with Gasteiger partial charge in [-0.05, 0) is 42.8 Å². The van der Waals surface area contributed by atoms with Crippen molar-refractivity contribution in [2.24, 2.45) is 0 Å². The van der Waals surface area contributed by atoms with Gasteiger partial charge in [0.1, 0.15) is 5.75 Å². The number of halogens is 2. The maximum absolute atomic E-state index is 12.7. The zero-order chi connectivity index (χ0) is 21.7. The molecular weight excluding hydrogens is 496 g/mol. The van der Waals surface area contributed by atoms with E-state index in [9.17, 15) is 13.2 Å². The van der Waals surface area contributed by atoms with Gasteiger partial charge in [-0.3, -0.25) is 4.79 Å². The van der Waals surface area contributed by atoms with Gasteiger partial charge in [0, 0.05) is 17.6 Å². The molecule has 1 N–H and O–H groups in total. The highest BCUT2D eigenvalue weighted by Gasteiger charge is 2.27. The standard InChI is InChI=1S/C20H22BrClN2O5S/c1-14(15-3-2-4-16(21)11-15)23-20(25)13-29-19-6-5-17(12-18(19)22)30(26,27)24-7-9-28-10-8-24/h2-6,11-12,14H,7-10,13H2,1H3,(H,23,25)/t14-/m1/s1. The van der Waals surface area contributed by atoms with Gasteiger partial charge in [-0.25, -0.2) is 8.42 Å². The van der Waals surface area contributed by atoms with Crippen LogP contribution in [-0.4, -0.2) is 51.5 Å². The Morgan fingerprint density at radius 2 is 2.00 bits per heavy atom. The van der Waals surface area contributed by atoms with E-state index in [1.165, 1.54) is 22.5 Å². The molecule has 162 valence electrons. The summed E-state index contributed by atoms with van der Waals surface area (Å²) in [7, 11) is -3.65. The normalized spacial score (nSPS) is 16.1. The molecule has 0 aromatic heterocycles. The minimum Gasteiger partial charge on any atom is -0.482 e. The molecule has 0 radical (unpaired) electrons. The zero-order valence-electron chi connectivity index (χ0n) is 16.3. The smallest absolute Gasteiger partial charge is 0.258 e. The molecule has 1 aliphatic rings. The molecule has 0 saturated carbocycles. The van der Waals surface area contributed by atoms with Gasteiger partial charge in [-0.2, -0.15) is 4.31 Å².